The molecule has 0 radical (unpaired) electrons. The molecule has 4 aromatic carbocycles. The third-order valence-corrected chi connectivity index (χ3v) is 19.4. The van der Waals surface area contributed by atoms with Crippen molar-refractivity contribution in [2.24, 2.45) is 47.3 Å². The standard InChI is InChI=1S/C64H88/c1-37-25-41(5)57(42(6)26-37)61-49-17-13-19-51(33-49)62(58-43(7)27-38(2)28-44(58)8)53-21-15-23-55(35-53)64(60-47(11)31-40(4)32-48(60)12)56-24-16-22-54(36-56)63(52-20-14-18-50(61)34-52)59-45(9)29-39(3)30-46(59)10/h25-32,49-56,61-64H,13-24,33-36H2,1-12H3. The second kappa shape index (κ2) is 18.9. The third kappa shape index (κ3) is 8.90. The molecule has 0 spiro atoms. The Morgan fingerprint density at radius 3 is 0.516 bits per heavy atom. The summed E-state index contributed by atoms with van der Waals surface area (Å²) in [5, 5.41) is 0. The number of fused-ring (bicyclic) bond motifs is 8. The summed E-state index contributed by atoms with van der Waals surface area (Å²) in [7, 11) is 0. The van der Waals surface area contributed by atoms with Crippen LogP contribution in [-0.4, -0.2) is 0 Å². The third-order valence-electron chi connectivity index (χ3n) is 19.4. The molecule has 4 aromatic rings. The molecule has 5 aliphatic rings. The highest BCUT2D eigenvalue weighted by Gasteiger charge is 2.48. The van der Waals surface area contributed by atoms with E-state index in [1.807, 2.05) is 0 Å². The minimum absolute atomic E-state index is 0.663. The molecule has 344 valence electrons. The number of hydrogen-bond donors (Lipinski definition) is 0. The number of aryl methyl sites for hydroxylation is 12. The zero-order valence-corrected chi connectivity index (χ0v) is 42.9. The molecule has 8 atom stereocenters. The zero-order valence-electron chi connectivity index (χ0n) is 42.9. The van der Waals surface area contributed by atoms with Crippen LogP contribution in [0.25, 0.3) is 0 Å². The molecule has 0 aromatic heterocycles. The second-order valence-corrected chi connectivity index (χ2v) is 24.1. The molecule has 5 aliphatic carbocycles. The summed E-state index contributed by atoms with van der Waals surface area (Å²) in [6.07, 6.45) is 22.6. The van der Waals surface area contributed by atoms with E-state index in [1.54, 1.807) is 66.8 Å². The smallest absolute Gasteiger partial charge is 0.00998 e. The topological polar surface area (TPSA) is 0 Å². The van der Waals surface area contributed by atoms with Crippen LogP contribution in [0.2, 0.25) is 0 Å². The van der Waals surface area contributed by atoms with E-state index in [0.29, 0.717) is 23.7 Å². The SMILES string of the molecule is Cc1cc(C)c(C2C3CCCC(C3)C(c3c(C)cc(C)cc3C)C3CCCC(C3)C(c3c(C)cc(C)cc3C)C3CCCC(C3)C(c3c(C)cc(C)cc3C)C3CCCC2C3)c(C)c1. The van der Waals surface area contributed by atoms with Gasteiger partial charge in [0.25, 0.3) is 0 Å². The highest BCUT2D eigenvalue weighted by molar-refractivity contribution is 5.45. The lowest BCUT2D eigenvalue weighted by atomic mass is 9.54. The molecule has 0 saturated heterocycles. The van der Waals surface area contributed by atoms with Gasteiger partial charge in [0.2, 0.25) is 0 Å². The van der Waals surface area contributed by atoms with Crippen LogP contribution in [0.3, 0.4) is 0 Å². The maximum atomic E-state index is 2.56. The van der Waals surface area contributed by atoms with E-state index >= 15 is 0 Å². The molecule has 5 fully saturated rings. The van der Waals surface area contributed by atoms with Gasteiger partial charge in [-0.2, -0.15) is 0 Å². The fourth-order valence-corrected chi connectivity index (χ4v) is 18.0. The lowest BCUT2D eigenvalue weighted by molar-refractivity contribution is 0.0716. The predicted octanol–water partition coefficient (Wildman–Crippen LogP) is 18.1. The summed E-state index contributed by atoms with van der Waals surface area (Å²) < 4.78 is 0. The van der Waals surface area contributed by atoms with Crippen molar-refractivity contribution in [2.45, 2.75) is 209 Å². The van der Waals surface area contributed by atoms with Gasteiger partial charge in [0, 0.05) is 0 Å². The molecular weight excluding hydrogens is 769 g/mol. The van der Waals surface area contributed by atoms with Gasteiger partial charge in [0.1, 0.15) is 0 Å². The van der Waals surface area contributed by atoms with Crippen LogP contribution >= 0.6 is 0 Å². The van der Waals surface area contributed by atoms with Gasteiger partial charge >= 0.3 is 0 Å². The van der Waals surface area contributed by atoms with Gasteiger partial charge in [0.05, 0.1) is 0 Å². The maximum absolute atomic E-state index is 2.56. The van der Waals surface area contributed by atoms with Gasteiger partial charge in [-0.1, -0.05) is 96.5 Å². The Morgan fingerprint density at radius 2 is 0.375 bits per heavy atom. The molecule has 0 aliphatic heterocycles. The van der Waals surface area contributed by atoms with Crippen LogP contribution in [-0.2, 0) is 0 Å². The van der Waals surface area contributed by atoms with Gasteiger partial charge in [-0.25, -0.2) is 0 Å². The Hall–Kier alpha value is -3.12. The highest BCUT2D eigenvalue weighted by atomic mass is 14.5. The molecule has 0 nitrogen and oxygen atoms in total. The summed E-state index contributed by atoms with van der Waals surface area (Å²) in [5.74, 6) is 8.72. The van der Waals surface area contributed by atoms with Crippen LogP contribution in [0, 0.1) is 130 Å². The number of benzene rings is 4. The van der Waals surface area contributed by atoms with E-state index in [-0.39, 0.29) is 0 Å². The van der Waals surface area contributed by atoms with Crippen LogP contribution < -0.4 is 0 Å². The van der Waals surface area contributed by atoms with E-state index in [4.69, 9.17) is 0 Å². The molecule has 8 bridgehead atoms. The molecule has 0 N–H and O–H groups in total. The summed E-state index contributed by atoms with van der Waals surface area (Å²) >= 11 is 0. The Morgan fingerprint density at radius 1 is 0.234 bits per heavy atom. The molecule has 0 heterocycles. The van der Waals surface area contributed by atoms with Gasteiger partial charge in [-0.3, -0.25) is 0 Å². The van der Waals surface area contributed by atoms with E-state index < -0.39 is 0 Å². The minimum Gasteiger partial charge on any atom is -0.0561 e. The van der Waals surface area contributed by atoms with Crippen LogP contribution in [0.15, 0.2) is 48.5 Å². The van der Waals surface area contributed by atoms with Crippen molar-refractivity contribution in [3.63, 3.8) is 0 Å². The van der Waals surface area contributed by atoms with Crippen molar-refractivity contribution in [1.29, 1.82) is 0 Å². The van der Waals surface area contributed by atoms with E-state index in [0.717, 1.165) is 47.3 Å². The van der Waals surface area contributed by atoms with E-state index in [9.17, 15) is 0 Å². The molecular formula is C64H88. The highest BCUT2D eigenvalue weighted by Crippen LogP contribution is 2.60. The predicted molar refractivity (Wildman–Crippen MR) is 275 cm³/mol. The summed E-state index contributed by atoms with van der Waals surface area (Å²) in [5.41, 5.74) is 25.5. The summed E-state index contributed by atoms with van der Waals surface area (Å²) in [6.45, 7) is 29.3. The lowest BCUT2D eigenvalue weighted by Crippen LogP contribution is -2.39. The van der Waals surface area contributed by atoms with E-state index in [2.05, 4.69) is 132 Å². The first-order valence-corrected chi connectivity index (χ1v) is 27.0. The van der Waals surface area contributed by atoms with Gasteiger partial charge in [-0.05, 0) is 298 Å². The van der Waals surface area contributed by atoms with Crippen molar-refractivity contribution in [2.75, 3.05) is 0 Å². The fourth-order valence-electron chi connectivity index (χ4n) is 18.0. The van der Waals surface area contributed by atoms with Crippen molar-refractivity contribution in [3.8, 4) is 0 Å². The zero-order chi connectivity index (χ0) is 45.1. The Labute approximate surface area is 392 Å². The molecule has 0 heteroatoms. The second-order valence-electron chi connectivity index (χ2n) is 24.1. The Kier molecular flexibility index (Phi) is 13.6. The average molecular weight is 857 g/mol. The largest absolute Gasteiger partial charge is 0.0561 e. The molecule has 5 saturated carbocycles. The van der Waals surface area contributed by atoms with Crippen LogP contribution in [0.4, 0.5) is 0 Å². The number of rotatable bonds is 4. The lowest BCUT2D eigenvalue weighted by Gasteiger charge is -2.51. The van der Waals surface area contributed by atoms with Crippen molar-refractivity contribution < 1.29 is 0 Å². The molecule has 0 amide bonds. The van der Waals surface area contributed by atoms with Crippen LogP contribution in [0.5, 0.6) is 0 Å². The summed E-state index contributed by atoms with van der Waals surface area (Å²) in [6, 6.07) is 20.5. The first-order valence-electron chi connectivity index (χ1n) is 27.0. The first kappa shape index (κ1) is 46.0. The average Bonchev–Trinajstić information content (AvgIpc) is 3.23. The molecule has 9 rings (SSSR count). The monoisotopic (exact) mass is 857 g/mol. The molecule has 64 heavy (non-hydrogen) atoms. The van der Waals surface area contributed by atoms with Gasteiger partial charge in [-0.15, -0.1) is 0 Å². The van der Waals surface area contributed by atoms with E-state index in [1.165, 1.54) is 125 Å². The van der Waals surface area contributed by atoms with Crippen molar-refractivity contribution in [3.05, 3.63) is 138 Å². The number of hydrogen-bond acceptors (Lipinski definition) is 0. The molecule has 8 unspecified atom stereocenters. The summed E-state index contributed by atoms with van der Waals surface area (Å²) in [4.78, 5) is 0. The first-order chi connectivity index (χ1) is 30.7. The normalized spacial score (nSPS) is 32.3. The Bertz CT molecular complexity index is 1860. The quantitative estimate of drug-likeness (QED) is 0.192. The van der Waals surface area contributed by atoms with Crippen LogP contribution in [0.1, 0.15) is 215 Å². The van der Waals surface area contributed by atoms with Gasteiger partial charge in [0.15, 0.2) is 0 Å². The Balaban J connectivity index is 1.25. The fraction of sp³-hybridized carbons (Fsp3) is 0.625. The van der Waals surface area contributed by atoms with Gasteiger partial charge < -0.3 is 0 Å². The maximum Gasteiger partial charge on any atom is -0.00998 e. The van der Waals surface area contributed by atoms with Crippen molar-refractivity contribution >= 4 is 0 Å². The van der Waals surface area contributed by atoms with Crippen molar-refractivity contribution in [1.82, 2.24) is 0 Å². The minimum atomic E-state index is 0.663.